The lowest BCUT2D eigenvalue weighted by Gasteiger charge is -2.27. The third-order valence-electron chi connectivity index (χ3n) is 6.47. The number of aromatic amines is 1. The van der Waals surface area contributed by atoms with Crippen LogP contribution in [0.5, 0.6) is 0 Å². The van der Waals surface area contributed by atoms with Crippen molar-refractivity contribution >= 4 is 39.0 Å². The molecule has 4 aromatic rings. The van der Waals surface area contributed by atoms with Crippen LogP contribution in [0.25, 0.3) is 21.7 Å². The van der Waals surface area contributed by atoms with Gasteiger partial charge in [-0.25, -0.2) is 4.39 Å². The van der Waals surface area contributed by atoms with Crippen LogP contribution in [-0.2, 0) is 11.3 Å². The zero-order chi connectivity index (χ0) is 24.9. The first kappa shape index (κ1) is 22.9. The van der Waals surface area contributed by atoms with E-state index in [1.54, 1.807) is 42.3 Å². The predicted molar refractivity (Wildman–Crippen MR) is 123 cm³/mol. The number of nitrogens with one attached hydrogen (secondary N) is 1. The van der Waals surface area contributed by atoms with Crippen molar-refractivity contribution in [2.45, 2.75) is 31.6 Å². The molecule has 1 atom stereocenters. The Morgan fingerprint density at radius 3 is 2.80 bits per heavy atom. The number of nitrogens with zero attached hydrogens (tertiary/aromatic N) is 4. The fraction of sp³-hybridized carbons (Fsp3) is 0.292. The van der Waals surface area contributed by atoms with E-state index in [-0.39, 0.29) is 30.3 Å². The summed E-state index contributed by atoms with van der Waals surface area (Å²) in [4.78, 5) is 28.6. The number of hydrogen-bond donors (Lipinski definition) is 1. The van der Waals surface area contributed by atoms with Crippen molar-refractivity contribution in [2.75, 3.05) is 18.5 Å². The zero-order valence-electron chi connectivity index (χ0n) is 18.6. The van der Waals surface area contributed by atoms with Gasteiger partial charge in [0.1, 0.15) is 18.1 Å². The van der Waals surface area contributed by atoms with E-state index >= 15 is 0 Å². The predicted octanol–water partition coefficient (Wildman–Crippen LogP) is 4.34. The second-order valence-corrected chi connectivity index (χ2v) is 8.60. The Morgan fingerprint density at radius 2 is 2.03 bits per heavy atom. The molecule has 0 bridgehead atoms. The van der Waals surface area contributed by atoms with Crippen LogP contribution in [0.2, 0.25) is 0 Å². The normalized spacial score (nSPS) is 16.4. The first-order chi connectivity index (χ1) is 16.6. The molecule has 11 heteroatoms. The zero-order valence-corrected chi connectivity index (χ0v) is 18.6. The minimum Gasteiger partial charge on any atom is -0.344 e. The average molecular weight is 487 g/mol. The van der Waals surface area contributed by atoms with Crippen LogP contribution in [0.4, 0.5) is 28.9 Å². The Kier molecular flexibility index (Phi) is 5.49. The first-order valence-corrected chi connectivity index (χ1v) is 11.0. The van der Waals surface area contributed by atoms with E-state index in [4.69, 9.17) is 0 Å². The molecule has 5 rings (SSSR count). The molecule has 1 saturated heterocycles. The smallest absolute Gasteiger partial charge is 0.344 e. The summed E-state index contributed by atoms with van der Waals surface area (Å²) in [6, 6.07) is 7.99. The lowest BCUT2D eigenvalue weighted by atomic mass is 10.1. The minimum absolute atomic E-state index is 0.00137. The Bertz CT molecular complexity index is 1490. The topological polar surface area (TPSA) is 74.2 Å². The third-order valence-corrected chi connectivity index (χ3v) is 6.47. The van der Waals surface area contributed by atoms with E-state index in [1.807, 2.05) is 0 Å². The highest BCUT2D eigenvalue weighted by Gasteiger charge is 2.47. The van der Waals surface area contributed by atoms with Gasteiger partial charge in [0.2, 0.25) is 5.91 Å². The summed E-state index contributed by atoms with van der Waals surface area (Å²) in [6.45, 7) is -0.504. The quantitative estimate of drug-likeness (QED) is 0.435. The monoisotopic (exact) mass is 487 g/mol. The molecule has 1 N–H and O–H groups in total. The van der Waals surface area contributed by atoms with Gasteiger partial charge in [-0.15, -0.1) is 0 Å². The van der Waals surface area contributed by atoms with Crippen molar-refractivity contribution in [2.24, 2.45) is 0 Å². The van der Waals surface area contributed by atoms with E-state index in [0.29, 0.717) is 22.1 Å². The van der Waals surface area contributed by atoms with E-state index in [1.165, 1.54) is 18.5 Å². The number of fused-ring (bicyclic) bond motifs is 2. The Hall–Kier alpha value is -3.89. The Morgan fingerprint density at radius 1 is 1.23 bits per heavy atom. The molecular weight excluding hydrogens is 466 g/mol. The summed E-state index contributed by atoms with van der Waals surface area (Å²) in [5.74, 6) is -1.26. The summed E-state index contributed by atoms with van der Waals surface area (Å²) in [6.07, 6.45) is -1.50. The molecule has 1 aliphatic rings. The molecule has 0 spiro atoms. The number of carbonyl (C=O) groups is 1. The highest BCUT2D eigenvalue weighted by Crippen LogP contribution is 2.34. The van der Waals surface area contributed by atoms with E-state index in [2.05, 4.69) is 10.2 Å². The van der Waals surface area contributed by atoms with Crippen molar-refractivity contribution in [3.63, 3.8) is 0 Å². The molecule has 1 amide bonds. The van der Waals surface area contributed by atoms with Crippen molar-refractivity contribution in [1.29, 1.82) is 0 Å². The average Bonchev–Trinajstić information content (AvgIpc) is 3.50. The second-order valence-electron chi connectivity index (χ2n) is 8.60. The van der Waals surface area contributed by atoms with Gasteiger partial charge in [-0.2, -0.15) is 18.3 Å². The third kappa shape index (κ3) is 4.00. The van der Waals surface area contributed by atoms with Gasteiger partial charge in [0, 0.05) is 30.9 Å². The molecule has 0 saturated carbocycles. The highest BCUT2D eigenvalue weighted by atomic mass is 19.4. The fourth-order valence-electron chi connectivity index (χ4n) is 4.69. The number of H-pyrrole nitrogens is 1. The lowest BCUT2D eigenvalue weighted by Crippen LogP contribution is -2.46. The van der Waals surface area contributed by atoms with Crippen molar-refractivity contribution in [3.05, 3.63) is 65.0 Å². The molecule has 3 heterocycles. The maximum absolute atomic E-state index is 14.5. The Balaban J connectivity index is 1.52. The molecule has 7 nitrogen and oxygen atoms in total. The van der Waals surface area contributed by atoms with Gasteiger partial charge in [0.05, 0.1) is 17.3 Å². The molecular formula is C24H21F4N5O2. The van der Waals surface area contributed by atoms with Crippen LogP contribution in [0.3, 0.4) is 0 Å². The number of alkyl halides is 3. The summed E-state index contributed by atoms with van der Waals surface area (Å²) >= 11 is 0. The highest BCUT2D eigenvalue weighted by molar-refractivity contribution is 5.96. The molecule has 1 aliphatic heterocycles. The molecule has 2 aromatic heterocycles. The molecule has 0 unspecified atom stereocenters. The van der Waals surface area contributed by atoms with Crippen LogP contribution in [0, 0.1) is 5.82 Å². The van der Waals surface area contributed by atoms with Crippen LogP contribution in [0.1, 0.15) is 12.8 Å². The van der Waals surface area contributed by atoms with Gasteiger partial charge in [-0.3, -0.25) is 14.7 Å². The van der Waals surface area contributed by atoms with Gasteiger partial charge < -0.3 is 14.4 Å². The number of halogens is 4. The van der Waals surface area contributed by atoms with Crippen molar-refractivity contribution < 1.29 is 22.4 Å². The van der Waals surface area contributed by atoms with Crippen molar-refractivity contribution in [3.8, 4) is 0 Å². The number of amides is 1. The van der Waals surface area contributed by atoms with E-state index in [9.17, 15) is 27.2 Å². The van der Waals surface area contributed by atoms with Crippen molar-refractivity contribution in [1.82, 2.24) is 19.7 Å². The standard InChI is InChI=1S/C24H21F4N5O2/c1-31(16-10-15-12-29-30-22(15)17(25)11-16)18-5-2-4-14-7-9-32(23(35)21(14)18)13-20(34)33-8-3-6-19(33)24(26,27)28/h2,4-5,7,9-12,19H,3,6,8,13H2,1H3,(H,29,30)/t19-/m0/s1. The fourth-order valence-corrected chi connectivity index (χ4v) is 4.69. The van der Waals surface area contributed by atoms with Gasteiger partial charge >= 0.3 is 6.18 Å². The van der Waals surface area contributed by atoms with Gasteiger partial charge in [0.25, 0.3) is 5.56 Å². The molecule has 182 valence electrons. The maximum atomic E-state index is 14.5. The number of rotatable bonds is 4. The Labute approximate surface area is 196 Å². The summed E-state index contributed by atoms with van der Waals surface area (Å²) in [5, 5.41) is 7.85. The first-order valence-electron chi connectivity index (χ1n) is 11.0. The number of anilines is 2. The lowest BCUT2D eigenvalue weighted by molar-refractivity contribution is -0.183. The number of likely N-dealkylation sites (tertiary alicyclic amines) is 1. The van der Waals surface area contributed by atoms with Gasteiger partial charge in [0.15, 0.2) is 5.82 Å². The number of hydrogen-bond acceptors (Lipinski definition) is 4. The van der Waals surface area contributed by atoms with Crippen LogP contribution < -0.4 is 10.5 Å². The minimum atomic E-state index is -4.51. The molecule has 1 fully saturated rings. The van der Waals surface area contributed by atoms with Gasteiger partial charge in [-0.05, 0) is 42.5 Å². The number of pyridine rings is 1. The van der Waals surface area contributed by atoms with Crippen LogP contribution in [-0.4, -0.2) is 51.4 Å². The number of benzene rings is 2. The largest absolute Gasteiger partial charge is 0.408 e. The number of carbonyl (C=O) groups excluding carboxylic acids is 1. The second kappa shape index (κ2) is 8.40. The summed E-state index contributed by atoms with van der Waals surface area (Å²) < 4.78 is 55.6. The number of aromatic nitrogens is 3. The van der Waals surface area contributed by atoms with Gasteiger partial charge in [-0.1, -0.05) is 12.1 Å². The maximum Gasteiger partial charge on any atom is 0.408 e. The molecule has 35 heavy (non-hydrogen) atoms. The van der Waals surface area contributed by atoms with E-state index < -0.39 is 36.0 Å². The van der Waals surface area contributed by atoms with Crippen LogP contribution >= 0.6 is 0 Å². The molecule has 0 radical (unpaired) electrons. The summed E-state index contributed by atoms with van der Waals surface area (Å²) in [7, 11) is 1.68. The molecule has 0 aliphatic carbocycles. The SMILES string of the molecule is CN(c1cc(F)c2[nH]ncc2c1)c1cccc2ccn(CC(=O)N3CCC[C@H]3C(F)(F)F)c(=O)c12. The van der Waals surface area contributed by atoms with E-state index in [0.717, 1.165) is 9.47 Å². The summed E-state index contributed by atoms with van der Waals surface area (Å²) in [5.41, 5.74) is 0.677. The molecule has 2 aromatic carbocycles. The van der Waals surface area contributed by atoms with Crippen LogP contribution in [0.15, 0.2) is 53.6 Å².